The van der Waals surface area contributed by atoms with Crippen molar-refractivity contribution in [1.29, 1.82) is 0 Å². The molecule has 168 valence electrons. The van der Waals surface area contributed by atoms with E-state index in [1.165, 1.54) is 0 Å². The molecule has 4 rings (SSSR count). The fourth-order valence-electron chi connectivity index (χ4n) is 4.13. The number of aliphatic hydroxyl groups is 1. The van der Waals surface area contributed by atoms with Crippen molar-refractivity contribution in [2.45, 2.75) is 30.5 Å². The molecule has 2 amide bonds. The number of hydrogen-bond acceptors (Lipinski definition) is 6. The number of benzene rings is 2. The number of carboxylic acid groups (broad SMARTS) is 1. The molecule has 3 atom stereocenters. The number of alkyl carbamates (subject to hydrolysis) is 1. The zero-order valence-electron chi connectivity index (χ0n) is 17.2. The van der Waals surface area contributed by atoms with E-state index in [-0.39, 0.29) is 25.7 Å². The number of aliphatic carboxylic acids is 1. The Morgan fingerprint density at radius 2 is 1.66 bits per heavy atom. The number of carbonyl (C=O) groups excluding carboxylic acids is 2. The lowest BCUT2D eigenvalue weighted by Gasteiger charge is -2.21. The molecule has 9 heteroatoms. The lowest BCUT2D eigenvalue weighted by atomic mass is 9.98. The lowest BCUT2D eigenvalue weighted by molar-refractivity contribution is -0.140. The van der Waals surface area contributed by atoms with Gasteiger partial charge in [0.15, 0.2) is 0 Å². The van der Waals surface area contributed by atoms with Crippen LogP contribution in [0.3, 0.4) is 0 Å². The van der Waals surface area contributed by atoms with Gasteiger partial charge >= 0.3 is 12.1 Å². The number of carboxylic acids is 1. The summed E-state index contributed by atoms with van der Waals surface area (Å²) >= 11 is 0. The maximum atomic E-state index is 12.5. The second-order valence-corrected chi connectivity index (χ2v) is 7.84. The molecule has 2 aromatic carbocycles. The van der Waals surface area contributed by atoms with E-state index in [1.54, 1.807) is 0 Å². The Hall–Kier alpha value is -3.43. The number of rotatable bonds is 7. The Morgan fingerprint density at radius 3 is 2.22 bits per heavy atom. The van der Waals surface area contributed by atoms with Crippen LogP contribution in [0.15, 0.2) is 48.5 Å². The van der Waals surface area contributed by atoms with Crippen molar-refractivity contribution < 1.29 is 34.1 Å². The summed E-state index contributed by atoms with van der Waals surface area (Å²) in [5.41, 5.74) is 4.24. The van der Waals surface area contributed by atoms with Gasteiger partial charge in [-0.2, -0.15) is 0 Å². The molecule has 1 unspecified atom stereocenters. The number of carbonyl (C=O) groups is 3. The van der Waals surface area contributed by atoms with Crippen LogP contribution < -0.4 is 10.6 Å². The van der Waals surface area contributed by atoms with Crippen molar-refractivity contribution in [3.8, 4) is 11.1 Å². The van der Waals surface area contributed by atoms with E-state index in [4.69, 9.17) is 14.6 Å². The van der Waals surface area contributed by atoms with Crippen molar-refractivity contribution >= 4 is 18.0 Å². The third kappa shape index (κ3) is 4.58. The van der Waals surface area contributed by atoms with Crippen LogP contribution in [0.4, 0.5) is 4.79 Å². The van der Waals surface area contributed by atoms with E-state index in [0.29, 0.717) is 0 Å². The summed E-state index contributed by atoms with van der Waals surface area (Å²) in [7, 11) is 0. The molecule has 1 saturated heterocycles. The third-order valence-corrected chi connectivity index (χ3v) is 5.71. The van der Waals surface area contributed by atoms with Gasteiger partial charge in [0.2, 0.25) is 5.91 Å². The summed E-state index contributed by atoms with van der Waals surface area (Å²) in [6.07, 6.45) is -2.41. The fraction of sp³-hybridized carbons (Fsp3) is 0.348. The summed E-state index contributed by atoms with van der Waals surface area (Å²) in [6.45, 7) is 0.225. The van der Waals surface area contributed by atoms with Gasteiger partial charge in [-0.1, -0.05) is 48.5 Å². The van der Waals surface area contributed by atoms with E-state index >= 15 is 0 Å². The van der Waals surface area contributed by atoms with Crippen LogP contribution in [0.5, 0.6) is 0 Å². The first-order valence-electron chi connectivity index (χ1n) is 10.3. The largest absolute Gasteiger partial charge is 0.481 e. The van der Waals surface area contributed by atoms with Gasteiger partial charge in [0, 0.05) is 5.92 Å². The summed E-state index contributed by atoms with van der Waals surface area (Å²) in [4.78, 5) is 36.1. The van der Waals surface area contributed by atoms with Crippen LogP contribution in [0.25, 0.3) is 11.1 Å². The van der Waals surface area contributed by atoms with Gasteiger partial charge in [-0.15, -0.1) is 0 Å². The van der Waals surface area contributed by atoms with Gasteiger partial charge in [0.05, 0.1) is 31.8 Å². The molecule has 0 radical (unpaired) electrons. The van der Waals surface area contributed by atoms with Crippen LogP contribution in [0, 0.1) is 0 Å². The van der Waals surface area contributed by atoms with E-state index < -0.39 is 42.6 Å². The minimum atomic E-state index is -1.35. The van der Waals surface area contributed by atoms with Gasteiger partial charge in [0.25, 0.3) is 0 Å². The Balaban J connectivity index is 1.40. The Labute approximate surface area is 184 Å². The monoisotopic (exact) mass is 440 g/mol. The van der Waals surface area contributed by atoms with Gasteiger partial charge in [-0.25, -0.2) is 4.79 Å². The average molecular weight is 440 g/mol. The van der Waals surface area contributed by atoms with Crippen molar-refractivity contribution in [1.82, 2.24) is 10.6 Å². The molecule has 2 aliphatic rings. The van der Waals surface area contributed by atoms with Crippen LogP contribution in [0.2, 0.25) is 0 Å². The van der Waals surface area contributed by atoms with Gasteiger partial charge in [-0.3, -0.25) is 9.59 Å². The van der Waals surface area contributed by atoms with Gasteiger partial charge < -0.3 is 30.3 Å². The maximum Gasteiger partial charge on any atom is 0.407 e. The van der Waals surface area contributed by atoms with Crippen molar-refractivity contribution in [2.75, 3.05) is 19.8 Å². The number of amides is 2. The van der Waals surface area contributed by atoms with Crippen LogP contribution in [0.1, 0.15) is 23.5 Å². The SMILES string of the molecule is O=C(O)CC(NC(=O)OCC1c2ccccc2-c2ccccc21)C(=O)N[C@@H]1COC[C@H]1O. The molecule has 0 bridgehead atoms. The lowest BCUT2D eigenvalue weighted by Crippen LogP contribution is -2.53. The first-order valence-corrected chi connectivity index (χ1v) is 10.3. The molecule has 1 aliphatic carbocycles. The highest BCUT2D eigenvalue weighted by Gasteiger charge is 2.33. The number of hydrogen-bond donors (Lipinski definition) is 4. The van der Waals surface area contributed by atoms with Crippen LogP contribution >= 0.6 is 0 Å². The van der Waals surface area contributed by atoms with Gasteiger partial charge in [0.1, 0.15) is 12.6 Å². The standard InChI is InChI=1S/C23H24N2O7/c26-20-12-31-11-19(20)24-22(29)18(9-21(27)28)25-23(30)32-10-17-15-7-3-1-5-13(15)14-6-2-4-8-16(14)17/h1-8,17-20,26H,9-12H2,(H,24,29)(H,25,30)(H,27,28)/t18?,19-,20-/m1/s1. The quantitative estimate of drug-likeness (QED) is 0.509. The molecule has 0 aromatic heterocycles. The predicted molar refractivity (Wildman–Crippen MR) is 113 cm³/mol. The Kier molecular flexibility index (Phi) is 6.38. The molecule has 4 N–H and O–H groups in total. The number of ether oxygens (including phenoxy) is 2. The third-order valence-electron chi connectivity index (χ3n) is 5.71. The second kappa shape index (κ2) is 9.37. The molecular formula is C23H24N2O7. The van der Waals surface area contributed by atoms with Crippen molar-refractivity contribution in [3.63, 3.8) is 0 Å². The smallest absolute Gasteiger partial charge is 0.407 e. The fourth-order valence-corrected chi connectivity index (χ4v) is 4.13. The molecule has 2 aromatic rings. The minimum Gasteiger partial charge on any atom is -0.481 e. The average Bonchev–Trinajstić information content (AvgIpc) is 3.32. The van der Waals surface area contributed by atoms with E-state index in [2.05, 4.69) is 10.6 Å². The molecule has 32 heavy (non-hydrogen) atoms. The zero-order chi connectivity index (χ0) is 22.7. The first kappa shape index (κ1) is 21.8. The summed E-state index contributed by atoms with van der Waals surface area (Å²) in [5.74, 6) is -2.14. The van der Waals surface area contributed by atoms with E-state index in [9.17, 15) is 19.5 Å². The minimum absolute atomic E-state index is 0.0381. The molecule has 1 aliphatic heterocycles. The highest BCUT2D eigenvalue weighted by molar-refractivity contribution is 5.89. The molecule has 9 nitrogen and oxygen atoms in total. The number of aliphatic hydroxyl groups excluding tert-OH is 1. The van der Waals surface area contributed by atoms with Crippen LogP contribution in [-0.4, -0.2) is 66.2 Å². The first-order chi connectivity index (χ1) is 15.4. The summed E-state index contributed by atoms with van der Waals surface area (Å²) < 4.78 is 10.5. The van der Waals surface area contributed by atoms with E-state index in [1.807, 2.05) is 48.5 Å². The van der Waals surface area contributed by atoms with Crippen molar-refractivity contribution in [2.24, 2.45) is 0 Å². The normalized spacial score (nSPS) is 20.2. The molecule has 0 saturated carbocycles. The number of fused-ring (bicyclic) bond motifs is 3. The topological polar surface area (TPSA) is 134 Å². The van der Waals surface area contributed by atoms with Crippen molar-refractivity contribution in [3.05, 3.63) is 59.7 Å². The van der Waals surface area contributed by atoms with Crippen LogP contribution in [-0.2, 0) is 19.1 Å². The maximum absolute atomic E-state index is 12.5. The summed E-state index contributed by atoms with van der Waals surface area (Å²) in [5, 5.41) is 23.8. The highest BCUT2D eigenvalue weighted by atomic mass is 16.5. The van der Waals surface area contributed by atoms with Gasteiger partial charge in [-0.05, 0) is 22.3 Å². The zero-order valence-corrected chi connectivity index (χ0v) is 17.2. The predicted octanol–water partition coefficient (Wildman–Crippen LogP) is 1.24. The van der Waals surface area contributed by atoms with E-state index in [0.717, 1.165) is 22.3 Å². The summed E-state index contributed by atoms with van der Waals surface area (Å²) in [6, 6.07) is 13.7. The molecule has 0 spiro atoms. The second-order valence-electron chi connectivity index (χ2n) is 7.84. The highest BCUT2D eigenvalue weighted by Crippen LogP contribution is 2.44. The molecular weight excluding hydrogens is 416 g/mol. The molecule has 1 heterocycles. The Morgan fingerprint density at radius 1 is 1.03 bits per heavy atom. The molecule has 1 fully saturated rings. The number of nitrogens with one attached hydrogen (secondary N) is 2. The Bertz CT molecular complexity index is 979.